The smallest absolute Gasteiger partial charge is 0.176 e. The van der Waals surface area contributed by atoms with Crippen molar-refractivity contribution in [2.24, 2.45) is 0 Å². The van der Waals surface area contributed by atoms with Crippen LogP contribution in [0.1, 0.15) is 35.8 Å². The summed E-state index contributed by atoms with van der Waals surface area (Å²) < 4.78 is 0. The Labute approximate surface area is 137 Å². The van der Waals surface area contributed by atoms with E-state index in [0.29, 0.717) is 18.3 Å². The molecule has 1 aromatic carbocycles. The maximum Gasteiger partial charge on any atom is 0.176 e. The van der Waals surface area contributed by atoms with E-state index in [1.807, 2.05) is 12.3 Å². The van der Waals surface area contributed by atoms with Crippen LogP contribution in [0.4, 0.5) is 5.82 Å². The van der Waals surface area contributed by atoms with Gasteiger partial charge in [0.05, 0.1) is 23.3 Å². The molecule has 3 aromatic heterocycles. The van der Waals surface area contributed by atoms with Crippen LogP contribution in [0.15, 0.2) is 24.4 Å². The number of aromatic nitrogens is 6. The normalized spacial score (nSPS) is 14.5. The van der Waals surface area contributed by atoms with Gasteiger partial charge in [0.15, 0.2) is 17.0 Å². The first-order valence-electron chi connectivity index (χ1n) is 8.16. The summed E-state index contributed by atoms with van der Waals surface area (Å²) in [7, 11) is 0. The first-order valence-corrected chi connectivity index (χ1v) is 8.16. The van der Waals surface area contributed by atoms with Crippen LogP contribution in [0.2, 0.25) is 0 Å². The number of aromatic amines is 2. The summed E-state index contributed by atoms with van der Waals surface area (Å²) in [5.41, 5.74) is 5.80. The zero-order valence-corrected chi connectivity index (χ0v) is 13.3. The highest BCUT2D eigenvalue weighted by atomic mass is 15.2. The average Bonchev–Trinajstić information content (AvgIpc) is 3.24. The van der Waals surface area contributed by atoms with Crippen molar-refractivity contribution in [3.63, 3.8) is 0 Å². The molecule has 3 heterocycles. The number of rotatable bonds is 4. The highest BCUT2D eigenvalue weighted by Gasteiger charge is 2.26. The van der Waals surface area contributed by atoms with Gasteiger partial charge in [0, 0.05) is 12.1 Å². The van der Waals surface area contributed by atoms with Crippen LogP contribution in [0.25, 0.3) is 22.2 Å². The Hall–Kier alpha value is -2.96. The fourth-order valence-electron chi connectivity index (χ4n) is 2.94. The minimum atomic E-state index is 0.555. The van der Waals surface area contributed by atoms with Gasteiger partial charge in [-0.2, -0.15) is 5.10 Å². The van der Waals surface area contributed by atoms with E-state index < -0.39 is 0 Å². The predicted molar refractivity (Wildman–Crippen MR) is 91.8 cm³/mol. The lowest BCUT2D eigenvalue weighted by molar-refractivity contribution is 0.984. The summed E-state index contributed by atoms with van der Waals surface area (Å²) in [4.78, 5) is 17.1. The Balaban J connectivity index is 1.39. The minimum absolute atomic E-state index is 0.555. The molecule has 24 heavy (non-hydrogen) atoms. The van der Waals surface area contributed by atoms with Crippen molar-refractivity contribution in [3.8, 4) is 0 Å². The maximum atomic E-state index is 4.61. The molecular formula is C17H17N7. The lowest BCUT2D eigenvalue weighted by atomic mass is 10.2. The number of imidazole rings is 1. The van der Waals surface area contributed by atoms with E-state index >= 15 is 0 Å². The Morgan fingerprint density at radius 1 is 1.25 bits per heavy atom. The van der Waals surface area contributed by atoms with Crippen molar-refractivity contribution in [1.29, 1.82) is 0 Å². The fourth-order valence-corrected chi connectivity index (χ4v) is 2.94. The Kier molecular flexibility index (Phi) is 2.82. The second kappa shape index (κ2) is 5.02. The number of aryl methyl sites for hydroxylation is 1. The topological polar surface area (TPSA) is 95.2 Å². The Bertz CT molecular complexity index is 1040. The number of hydrogen-bond acceptors (Lipinski definition) is 5. The van der Waals surface area contributed by atoms with Gasteiger partial charge in [-0.25, -0.2) is 15.0 Å². The van der Waals surface area contributed by atoms with Crippen LogP contribution in [0.3, 0.4) is 0 Å². The molecule has 4 aromatic rings. The van der Waals surface area contributed by atoms with Crippen LogP contribution >= 0.6 is 0 Å². The molecule has 0 unspecified atom stereocenters. The first-order chi connectivity index (χ1) is 11.8. The number of fused-ring (bicyclic) bond motifs is 2. The average molecular weight is 319 g/mol. The highest BCUT2D eigenvalue weighted by molar-refractivity contribution is 5.82. The molecule has 0 amide bonds. The fraction of sp³-hybridized carbons (Fsp3) is 0.294. The van der Waals surface area contributed by atoms with Gasteiger partial charge in [0.2, 0.25) is 0 Å². The van der Waals surface area contributed by atoms with Crippen LogP contribution in [-0.2, 0) is 6.54 Å². The summed E-state index contributed by atoms with van der Waals surface area (Å²) in [6.45, 7) is 2.63. The summed E-state index contributed by atoms with van der Waals surface area (Å²) >= 11 is 0. The Morgan fingerprint density at radius 2 is 2.17 bits per heavy atom. The van der Waals surface area contributed by atoms with Crippen molar-refractivity contribution in [2.75, 3.05) is 5.32 Å². The number of nitrogens with zero attached hydrogens (tertiary/aromatic N) is 4. The quantitative estimate of drug-likeness (QED) is 0.537. The molecule has 1 fully saturated rings. The largest absolute Gasteiger partial charge is 0.360 e. The van der Waals surface area contributed by atoms with E-state index in [1.165, 1.54) is 18.4 Å². The van der Waals surface area contributed by atoms with Crippen LogP contribution < -0.4 is 5.32 Å². The molecule has 0 spiro atoms. The minimum Gasteiger partial charge on any atom is -0.360 e. The highest BCUT2D eigenvalue weighted by Crippen LogP contribution is 2.39. The van der Waals surface area contributed by atoms with Gasteiger partial charge in [-0.15, -0.1) is 0 Å². The van der Waals surface area contributed by atoms with Gasteiger partial charge >= 0.3 is 0 Å². The van der Waals surface area contributed by atoms with Crippen LogP contribution in [0, 0.1) is 6.92 Å². The summed E-state index contributed by atoms with van der Waals surface area (Å²) in [5.74, 6) is 2.16. The van der Waals surface area contributed by atoms with Gasteiger partial charge in [-0.1, -0.05) is 6.07 Å². The molecular weight excluding hydrogens is 302 g/mol. The number of benzene rings is 1. The standard InChI is InChI=1S/C17H17N7/c1-9-2-5-11-12(6-9)21-14(20-11)8-19-16-15-17(24-23-16)22-13(7-18-15)10-3-4-10/h2,5-7,10H,3-4,8H2,1H3,(H,20,21)(H2,19,22,23,24). The zero-order chi connectivity index (χ0) is 16.1. The molecule has 0 aliphatic heterocycles. The van der Waals surface area contributed by atoms with Crippen molar-refractivity contribution in [3.05, 3.63) is 41.5 Å². The first kappa shape index (κ1) is 13.5. The van der Waals surface area contributed by atoms with E-state index in [1.54, 1.807) is 0 Å². The Morgan fingerprint density at radius 3 is 3.04 bits per heavy atom. The predicted octanol–water partition coefficient (Wildman–Crippen LogP) is 3.03. The summed E-state index contributed by atoms with van der Waals surface area (Å²) in [6.07, 6.45) is 4.29. The summed E-state index contributed by atoms with van der Waals surface area (Å²) in [5, 5.41) is 10.5. The van der Waals surface area contributed by atoms with Gasteiger partial charge < -0.3 is 10.3 Å². The van der Waals surface area contributed by atoms with Crippen LogP contribution in [0.5, 0.6) is 0 Å². The molecule has 7 nitrogen and oxygen atoms in total. The van der Waals surface area contributed by atoms with E-state index in [9.17, 15) is 0 Å². The van der Waals surface area contributed by atoms with Gasteiger partial charge in [0.1, 0.15) is 5.82 Å². The number of nitrogens with one attached hydrogen (secondary N) is 3. The molecule has 0 bridgehead atoms. The second-order valence-corrected chi connectivity index (χ2v) is 6.40. The molecule has 0 radical (unpaired) electrons. The second-order valence-electron chi connectivity index (χ2n) is 6.40. The number of H-pyrrole nitrogens is 2. The molecule has 1 saturated carbocycles. The zero-order valence-electron chi connectivity index (χ0n) is 13.3. The SMILES string of the molecule is Cc1ccc2nc(CNc3n[nH]c4nc(C5CC5)cnc34)[nH]c2c1. The van der Waals surface area contributed by atoms with Gasteiger partial charge in [-0.3, -0.25) is 5.10 Å². The lowest BCUT2D eigenvalue weighted by Crippen LogP contribution is -2.02. The third-order valence-electron chi connectivity index (χ3n) is 4.39. The number of hydrogen-bond donors (Lipinski definition) is 3. The molecule has 0 saturated heterocycles. The van der Waals surface area contributed by atoms with E-state index in [4.69, 9.17) is 0 Å². The third kappa shape index (κ3) is 2.29. The summed E-state index contributed by atoms with van der Waals surface area (Å²) in [6, 6.07) is 6.19. The van der Waals surface area contributed by atoms with Crippen molar-refractivity contribution >= 4 is 28.0 Å². The molecule has 3 N–H and O–H groups in total. The van der Waals surface area contributed by atoms with E-state index in [0.717, 1.165) is 33.7 Å². The molecule has 1 aliphatic rings. The lowest BCUT2D eigenvalue weighted by Gasteiger charge is -2.00. The van der Waals surface area contributed by atoms with E-state index in [2.05, 4.69) is 54.5 Å². The molecule has 0 atom stereocenters. The molecule has 120 valence electrons. The van der Waals surface area contributed by atoms with E-state index in [-0.39, 0.29) is 0 Å². The van der Waals surface area contributed by atoms with Gasteiger partial charge in [0.25, 0.3) is 0 Å². The third-order valence-corrected chi connectivity index (χ3v) is 4.39. The maximum absolute atomic E-state index is 4.61. The van der Waals surface area contributed by atoms with Crippen molar-refractivity contribution in [1.82, 2.24) is 30.1 Å². The molecule has 7 heteroatoms. The van der Waals surface area contributed by atoms with Crippen LogP contribution in [-0.4, -0.2) is 30.1 Å². The van der Waals surface area contributed by atoms with Gasteiger partial charge in [-0.05, 0) is 37.5 Å². The molecule has 1 aliphatic carbocycles. The molecule has 5 rings (SSSR count). The van der Waals surface area contributed by atoms with Crippen molar-refractivity contribution in [2.45, 2.75) is 32.2 Å². The van der Waals surface area contributed by atoms with Crippen molar-refractivity contribution < 1.29 is 0 Å². The monoisotopic (exact) mass is 319 g/mol. The number of anilines is 1.